The molecule has 112 valence electrons. The van der Waals surface area contributed by atoms with Crippen LogP contribution in [0.15, 0.2) is 24.3 Å². The molecule has 2 unspecified atom stereocenters. The molecule has 1 aromatic rings. The average molecular weight is 278 g/mol. The quantitative estimate of drug-likeness (QED) is 0.910. The number of likely N-dealkylation sites (N-methyl/N-ethyl adjacent to an activating group) is 2. The van der Waals surface area contributed by atoms with E-state index in [9.17, 15) is 5.11 Å². The summed E-state index contributed by atoms with van der Waals surface area (Å²) >= 11 is 0. The SMILES string of the molecule is CC(C)Oc1ccc(C(O)C2CN(C)CCN2C)cc1. The number of aliphatic hydroxyl groups is 1. The summed E-state index contributed by atoms with van der Waals surface area (Å²) in [5.41, 5.74) is 0.952. The van der Waals surface area contributed by atoms with Crippen molar-refractivity contribution in [3.8, 4) is 5.75 Å². The third-order valence-electron chi connectivity index (χ3n) is 3.86. The van der Waals surface area contributed by atoms with Gasteiger partial charge in [-0.25, -0.2) is 0 Å². The molecule has 4 heteroatoms. The molecule has 1 heterocycles. The first kappa shape index (κ1) is 15.3. The lowest BCUT2D eigenvalue weighted by molar-refractivity contribution is 0.0138. The topological polar surface area (TPSA) is 35.9 Å². The van der Waals surface area contributed by atoms with E-state index in [2.05, 4.69) is 23.9 Å². The molecule has 0 radical (unpaired) electrons. The average Bonchev–Trinajstić information content (AvgIpc) is 2.41. The predicted molar refractivity (Wildman–Crippen MR) is 81.1 cm³/mol. The highest BCUT2D eigenvalue weighted by atomic mass is 16.5. The lowest BCUT2D eigenvalue weighted by Crippen LogP contribution is -2.52. The summed E-state index contributed by atoms with van der Waals surface area (Å²) in [6, 6.07) is 7.94. The van der Waals surface area contributed by atoms with Crippen LogP contribution in [0.1, 0.15) is 25.5 Å². The third-order valence-corrected chi connectivity index (χ3v) is 3.86. The standard InChI is InChI=1S/C16H26N2O2/c1-12(2)20-14-7-5-13(6-8-14)16(19)15-11-17(3)9-10-18(15)4/h5-8,12,15-16,19H,9-11H2,1-4H3. The molecule has 20 heavy (non-hydrogen) atoms. The van der Waals surface area contributed by atoms with Gasteiger partial charge in [0.05, 0.1) is 18.2 Å². The Morgan fingerprint density at radius 3 is 2.40 bits per heavy atom. The number of piperazine rings is 1. The highest BCUT2D eigenvalue weighted by Gasteiger charge is 2.29. The number of benzene rings is 1. The van der Waals surface area contributed by atoms with E-state index in [0.29, 0.717) is 0 Å². The van der Waals surface area contributed by atoms with Gasteiger partial charge in [-0.3, -0.25) is 4.90 Å². The van der Waals surface area contributed by atoms with Gasteiger partial charge in [-0.1, -0.05) is 12.1 Å². The summed E-state index contributed by atoms with van der Waals surface area (Å²) in [5, 5.41) is 10.6. The van der Waals surface area contributed by atoms with Gasteiger partial charge in [0.25, 0.3) is 0 Å². The van der Waals surface area contributed by atoms with Crippen LogP contribution in [0.2, 0.25) is 0 Å². The van der Waals surface area contributed by atoms with Crippen LogP contribution >= 0.6 is 0 Å². The largest absolute Gasteiger partial charge is 0.491 e. The Kier molecular flexibility index (Phi) is 5.02. The minimum Gasteiger partial charge on any atom is -0.491 e. The second-order valence-electron chi connectivity index (χ2n) is 5.99. The Morgan fingerprint density at radius 1 is 1.15 bits per heavy atom. The van der Waals surface area contributed by atoms with Crippen molar-refractivity contribution >= 4 is 0 Å². The molecule has 1 N–H and O–H groups in total. The second kappa shape index (κ2) is 6.57. The van der Waals surface area contributed by atoms with Gasteiger partial charge in [0.2, 0.25) is 0 Å². The van der Waals surface area contributed by atoms with Crippen LogP contribution in [0.5, 0.6) is 5.75 Å². The van der Waals surface area contributed by atoms with Crippen LogP contribution in [-0.2, 0) is 0 Å². The molecular weight excluding hydrogens is 252 g/mol. The molecule has 2 rings (SSSR count). The van der Waals surface area contributed by atoms with Crippen molar-refractivity contribution in [2.75, 3.05) is 33.7 Å². The lowest BCUT2D eigenvalue weighted by Gasteiger charge is -2.40. The van der Waals surface area contributed by atoms with Crippen LogP contribution in [-0.4, -0.2) is 60.8 Å². The molecule has 2 atom stereocenters. The zero-order chi connectivity index (χ0) is 14.7. The first-order valence-electron chi connectivity index (χ1n) is 7.31. The van der Waals surface area contributed by atoms with E-state index in [4.69, 9.17) is 4.74 Å². The number of hydrogen-bond donors (Lipinski definition) is 1. The molecule has 0 aliphatic carbocycles. The van der Waals surface area contributed by atoms with E-state index in [1.54, 1.807) is 0 Å². The molecule has 1 aliphatic rings. The van der Waals surface area contributed by atoms with Gasteiger partial charge in [-0.15, -0.1) is 0 Å². The number of nitrogens with zero attached hydrogens (tertiary/aromatic N) is 2. The molecule has 0 aromatic heterocycles. The molecule has 0 saturated carbocycles. The van der Waals surface area contributed by atoms with Gasteiger partial charge in [0.1, 0.15) is 5.75 Å². The van der Waals surface area contributed by atoms with Crippen LogP contribution < -0.4 is 4.74 Å². The molecule has 1 aromatic carbocycles. The fourth-order valence-corrected chi connectivity index (χ4v) is 2.62. The maximum atomic E-state index is 10.6. The minimum absolute atomic E-state index is 0.144. The minimum atomic E-state index is -0.462. The monoisotopic (exact) mass is 278 g/mol. The van der Waals surface area contributed by atoms with Crippen molar-refractivity contribution in [3.05, 3.63) is 29.8 Å². The molecule has 0 amide bonds. The van der Waals surface area contributed by atoms with Crippen molar-refractivity contribution in [3.63, 3.8) is 0 Å². The van der Waals surface area contributed by atoms with Crippen LogP contribution in [0.25, 0.3) is 0 Å². The summed E-state index contributed by atoms with van der Waals surface area (Å²) in [6.45, 7) is 6.96. The van der Waals surface area contributed by atoms with Crippen LogP contribution in [0.4, 0.5) is 0 Å². The van der Waals surface area contributed by atoms with Gasteiger partial charge in [0.15, 0.2) is 0 Å². The normalized spacial score (nSPS) is 23.0. The maximum absolute atomic E-state index is 10.6. The van der Waals surface area contributed by atoms with Crippen molar-refractivity contribution < 1.29 is 9.84 Å². The number of aliphatic hydroxyl groups excluding tert-OH is 1. The number of ether oxygens (including phenoxy) is 1. The van der Waals surface area contributed by atoms with E-state index in [0.717, 1.165) is 30.9 Å². The van der Waals surface area contributed by atoms with Crippen molar-refractivity contribution in [2.24, 2.45) is 0 Å². The summed E-state index contributed by atoms with van der Waals surface area (Å²) in [7, 11) is 4.18. The van der Waals surface area contributed by atoms with Crippen molar-refractivity contribution in [1.82, 2.24) is 9.80 Å². The second-order valence-corrected chi connectivity index (χ2v) is 5.99. The summed E-state index contributed by atoms with van der Waals surface area (Å²) in [4.78, 5) is 4.51. The molecule has 0 spiro atoms. The van der Waals surface area contributed by atoms with Gasteiger partial charge in [0, 0.05) is 19.6 Å². The third kappa shape index (κ3) is 3.72. The molecular formula is C16H26N2O2. The highest BCUT2D eigenvalue weighted by Crippen LogP contribution is 2.25. The first-order chi connectivity index (χ1) is 9.47. The van der Waals surface area contributed by atoms with E-state index < -0.39 is 6.10 Å². The van der Waals surface area contributed by atoms with Gasteiger partial charge < -0.3 is 14.7 Å². The summed E-state index contributed by atoms with van der Waals surface area (Å²) < 4.78 is 5.63. The van der Waals surface area contributed by atoms with Crippen molar-refractivity contribution in [2.45, 2.75) is 32.1 Å². The summed E-state index contributed by atoms with van der Waals surface area (Å²) in [6.07, 6.45) is -0.292. The van der Waals surface area contributed by atoms with Gasteiger partial charge in [-0.2, -0.15) is 0 Å². The zero-order valence-electron chi connectivity index (χ0n) is 12.9. The van der Waals surface area contributed by atoms with E-state index in [-0.39, 0.29) is 12.1 Å². The number of hydrogen-bond acceptors (Lipinski definition) is 4. The highest BCUT2D eigenvalue weighted by molar-refractivity contribution is 5.29. The fourth-order valence-electron chi connectivity index (χ4n) is 2.62. The number of rotatable bonds is 4. The first-order valence-corrected chi connectivity index (χ1v) is 7.31. The molecule has 1 saturated heterocycles. The molecule has 1 aliphatic heterocycles. The Morgan fingerprint density at radius 2 is 1.80 bits per heavy atom. The Bertz CT molecular complexity index is 419. The van der Waals surface area contributed by atoms with Crippen LogP contribution in [0, 0.1) is 0 Å². The van der Waals surface area contributed by atoms with E-state index in [1.165, 1.54) is 0 Å². The zero-order valence-corrected chi connectivity index (χ0v) is 12.9. The molecule has 0 bridgehead atoms. The Balaban J connectivity index is 2.06. The predicted octanol–water partition coefficient (Wildman–Crippen LogP) is 1.75. The van der Waals surface area contributed by atoms with Gasteiger partial charge >= 0.3 is 0 Å². The molecule has 1 fully saturated rings. The smallest absolute Gasteiger partial charge is 0.119 e. The fraction of sp³-hybridized carbons (Fsp3) is 0.625. The van der Waals surface area contributed by atoms with Crippen molar-refractivity contribution in [1.29, 1.82) is 0 Å². The Labute approximate surface area is 122 Å². The van der Waals surface area contributed by atoms with E-state index in [1.807, 2.05) is 38.1 Å². The summed E-state index contributed by atoms with van der Waals surface area (Å²) in [5.74, 6) is 0.852. The van der Waals surface area contributed by atoms with Crippen LogP contribution in [0.3, 0.4) is 0 Å². The van der Waals surface area contributed by atoms with E-state index >= 15 is 0 Å². The maximum Gasteiger partial charge on any atom is 0.119 e. The lowest BCUT2D eigenvalue weighted by atomic mass is 9.99. The Hall–Kier alpha value is -1.10. The molecule has 4 nitrogen and oxygen atoms in total. The van der Waals surface area contributed by atoms with Gasteiger partial charge in [-0.05, 0) is 45.6 Å².